The van der Waals surface area contributed by atoms with Crippen LogP contribution in [0.2, 0.25) is 0 Å². The molecule has 27 heavy (non-hydrogen) atoms. The topological polar surface area (TPSA) is 44.8 Å². The predicted octanol–water partition coefficient (Wildman–Crippen LogP) is 3.81. The van der Waals surface area contributed by atoms with Crippen LogP contribution in [0, 0.1) is 0 Å². The molecule has 0 aliphatic rings. The van der Waals surface area contributed by atoms with Crippen LogP contribution in [0.3, 0.4) is 0 Å². The maximum absolute atomic E-state index is 11.4. The monoisotopic (exact) mass is 382 g/mol. The summed E-state index contributed by atoms with van der Waals surface area (Å²) in [6.07, 6.45) is 5.40. The minimum atomic E-state index is -1.01. The van der Waals surface area contributed by atoms with E-state index in [-0.39, 0.29) is 18.9 Å². The second-order valence-corrected chi connectivity index (χ2v) is 7.79. The second-order valence-electron chi connectivity index (χ2n) is 5.91. The number of rotatable bonds is 11. The van der Waals surface area contributed by atoms with E-state index in [4.69, 9.17) is 14.0 Å². The Morgan fingerprint density at radius 3 is 2.07 bits per heavy atom. The second kappa shape index (κ2) is 13.0. The van der Waals surface area contributed by atoms with Gasteiger partial charge < -0.3 is 14.0 Å². The summed E-state index contributed by atoms with van der Waals surface area (Å²) in [6.45, 7) is 2.91. The van der Waals surface area contributed by atoms with E-state index in [0.717, 1.165) is 23.3 Å². The van der Waals surface area contributed by atoms with E-state index in [0.29, 0.717) is 23.7 Å². The summed E-state index contributed by atoms with van der Waals surface area (Å²) in [6, 6.07) is 13.9. The van der Waals surface area contributed by atoms with Gasteiger partial charge in [0.25, 0.3) is 0 Å². The number of hydrogen-bond donors (Lipinski definition) is 0. The summed E-state index contributed by atoms with van der Waals surface area (Å²) in [5.74, 6) is 1.01. The number of hydrogen-bond acceptors (Lipinski definition) is 4. The van der Waals surface area contributed by atoms with Crippen LogP contribution in [-0.4, -0.2) is 46.0 Å². The quantitative estimate of drug-likeness (QED) is 0.257. The van der Waals surface area contributed by atoms with E-state index in [2.05, 4.69) is 19.1 Å². The molecule has 2 rings (SSSR count). The molecule has 0 saturated heterocycles. The van der Waals surface area contributed by atoms with Gasteiger partial charge in [0, 0.05) is 10.6 Å². The number of methoxy groups -OCH3 is 2. The van der Waals surface area contributed by atoms with Crippen molar-refractivity contribution in [2.24, 2.45) is 0 Å². The Hall–Kier alpha value is -1.30. The summed E-state index contributed by atoms with van der Waals surface area (Å²) < 4.78 is 17.1. The van der Waals surface area contributed by atoms with Crippen LogP contribution in [0.4, 0.5) is 0 Å². The Bertz CT molecular complexity index is 669. The van der Waals surface area contributed by atoms with E-state index in [1.165, 1.54) is 19.3 Å². The molecule has 0 aliphatic heterocycles. The summed E-state index contributed by atoms with van der Waals surface area (Å²) in [5.41, 5.74) is 0.421. The molecule has 0 N–H and O–H groups in total. The van der Waals surface area contributed by atoms with Gasteiger partial charge >= 0.3 is 18.9 Å². The molecule has 0 heterocycles. The van der Waals surface area contributed by atoms with Crippen LogP contribution in [0.15, 0.2) is 42.5 Å². The van der Waals surface area contributed by atoms with E-state index in [1.807, 2.05) is 30.3 Å². The molecule has 0 fully saturated rings. The Labute approximate surface area is 175 Å². The molecule has 0 bridgehead atoms. The molecule has 0 saturated carbocycles. The Morgan fingerprint density at radius 1 is 0.926 bits per heavy atom. The van der Waals surface area contributed by atoms with Gasteiger partial charge in [0.15, 0.2) is 6.29 Å². The molecule has 0 aromatic heterocycles. The van der Waals surface area contributed by atoms with Gasteiger partial charge in [-0.3, -0.25) is 4.79 Å². The molecule has 0 radical (unpaired) electrons. The van der Waals surface area contributed by atoms with E-state index < -0.39 is 8.15 Å². The molecule has 1 unspecified atom stereocenters. The van der Waals surface area contributed by atoms with Gasteiger partial charge in [0.1, 0.15) is 11.5 Å². The van der Waals surface area contributed by atoms with Gasteiger partial charge in [-0.2, -0.15) is 0 Å². The fourth-order valence-electron chi connectivity index (χ4n) is 2.70. The molecule has 2 aromatic carbocycles. The van der Waals surface area contributed by atoms with Crippen molar-refractivity contribution in [1.82, 2.24) is 0 Å². The van der Waals surface area contributed by atoms with Crippen molar-refractivity contribution < 1.29 is 18.8 Å². The SMILES string of the molecule is CCCCCCOP(c1ccccc1)c1cc(OC)c(C=O)c(OC)c1.[LiH]. The number of benzene rings is 2. The van der Waals surface area contributed by atoms with Crippen molar-refractivity contribution in [1.29, 1.82) is 0 Å². The third kappa shape index (κ3) is 6.66. The van der Waals surface area contributed by atoms with Crippen molar-refractivity contribution >= 4 is 43.9 Å². The summed E-state index contributed by atoms with van der Waals surface area (Å²) in [5, 5.41) is 2.10. The van der Waals surface area contributed by atoms with E-state index in [1.54, 1.807) is 14.2 Å². The first-order valence-electron chi connectivity index (χ1n) is 8.94. The minimum absolute atomic E-state index is 0. The van der Waals surface area contributed by atoms with Crippen molar-refractivity contribution in [2.45, 2.75) is 32.6 Å². The number of ether oxygens (including phenoxy) is 2. The Kier molecular flexibility index (Phi) is 11.4. The standard InChI is InChI=1S/C21H27O4P.Li.H/c1-4-5-6-10-13-25-26(17-11-8-7-9-12-17)18-14-20(23-2)19(16-22)21(15-18)24-3;;/h7-9,11-12,14-16H,4-6,10,13H2,1-3H3;;. The molecular formula is C21H28LiO4P. The van der Waals surface area contributed by atoms with Crippen molar-refractivity contribution in [3.63, 3.8) is 0 Å². The summed E-state index contributed by atoms with van der Waals surface area (Å²) in [4.78, 5) is 11.4. The zero-order valence-electron chi connectivity index (χ0n) is 15.7. The van der Waals surface area contributed by atoms with Crippen LogP contribution in [-0.2, 0) is 4.52 Å². The average molecular weight is 382 g/mol. The van der Waals surface area contributed by atoms with Crippen LogP contribution in [0.25, 0.3) is 0 Å². The third-order valence-corrected chi connectivity index (χ3v) is 6.03. The van der Waals surface area contributed by atoms with Crippen LogP contribution in [0.5, 0.6) is 11.5 Å². The van der Waals surface area contributed by atoms with Gasteiger partial charge in [-0.1, -0.05) is 56.5 Å². The molecule has 6 heteroatoms. The van der Waals surface area contributed by atoms with Crippen LogP contribution >= 0.6 is 8.15 Å². The van der Waals surface area contributed by atoms with Gasteiger partial charge in [-0.25, -0.2) is 0 Å². The molecule has 0 aliphatic carbocycles. The Morgan fingerprint density at radius 2 is 1.56 bits per heavy atom. The first kappa shape index (κ1) is 23.7. The number of unbranched alkanes of at least 4 members (excludes halogenated alkanes) is 3. The summed E-state index contributed by atoms with van der Waals surface area (Å²) >= 11 is 0. The molecule has 4 nitrogen and oxygen atoms in total. The fourth-order valence-corrected chi connectivity index (χ4v) is 4.52. The normalized spacial score (nSPS) is 11.4. The van der Waals surface area contributed by atoms with Crippen LogP contribution in [0.1, 0.15) is 43.0 Å². The predicted molar refractivity (Wildman–Crippen MR) is 115 cm³/mol. The van der Waals surface area contributed by atoms with Crippen molar-refractivity contribution in [3.8, 4) is 11.5 Å². The van der Waals surface area contributed by atoms with E-state index >= 15 is 0 Å². The Balaban J connectivity index is 0.00000364. The zero-order valence-corrected chi connectivity index (χ0v) is 16.6. The van der Waals surface area contributed by atoms with Crippen molar-refractivity contribution in [2.75, 3.05) is 20.8 Å². The summed E-state index contributed by atoms with van der Waals surface area (Å²) in [7, 11) is 2.11. The molecule has 0 amide bonds. The first-order valence-corrected chi connectivity index (χ1v) is 10.2. The molecule has 2 aromatic rings. The molecule has 0 spiro atoms. The van der Waals surface area contributed by atoms with Gasteiger partial charge in [0.05, 0.1) is 34.5 Å². The fraction of sp³-hybridized carbons (Fsp3) is 0.381. The first-order chi connectivity index (χ1) is 12.7. The van der Waals surface area contributed by atoms with Crippen LogP contribution < -0.4 is 20.1 Å². The van der Waals surface area contributed by atoms with Crippen molar-refractivity contribution in [3.05, 3.63) is 48.0 Å². The number of aldehydes is 1. The maximum atomic E-state index is 11.4. The van der Waals surface area contributed by atoms with Gasteiger partial charge in [0.2, 0.25) is 0 Å². The van der Waals surface area contributed by atoms with Gasteiger partial charge in [-0.15, -0.1) is 0 Å². The molecular weight excluding hydrogens is 354 g/mol. The third-order valence-electron chi connectivity index (χ3n) is 4.09. The molecule has 1 atom stereocenters. The average Bonchev–Trinajstić information content (AvgIpc) is 2.70. The number of carbonyl (C=O) groups is 1. The van der Waals surface area contributed by atoms with Gasteiger partial charge in [-0.05, 0) is 18.6 Å². The number of carbonyl (C=O) groups excluding carboxylic acids is 1. The molecule has 142 valence electrons. The van der Waals surface area contributed by atoms with E-state index in [9.17, 15) is 4.79 Å². The zero-order chi connectivity index (χ0) is 18.8.